The summed E-state index contributed by atoms with van der Waals surface area (Å²) < 4.78 is 9.26. The highest BCUT2D eigenvalue weighted by Gasteiger charge is 2.52. The van der Waals surface area contributed by atoms with Gasteiger partial charge in [0.15, 0.2) is 5.41 Å². The van der Waals surface area contributed by atoms with Crippen LogP contribution in [-0.2, 0) is 23.9 Å². The summed E-state index contributed by atoms with van der Waals surface area (Å²) in [5.41, 5.74) is -1.34. The molecule has 0 spiro atoms. The Balaban J connectivity index is 3.02. The van der Waals surface area contributed by atoms with Crippen LogP contribution in [0.2, 0.25) is 0 Å². The van der Waals surface area contributed by atoms with Crippen molar-refractivity contribution >= 4 is 33.7 Å². The molecule has 0 aromatic heterocycles. The third kappa shape index (κ3) is 2.11. The van der Waals surface area contributed by atoms with E-state index in [-0.39, 0.29) is 25.0 Å². The number of ether oxygens (including phenoxy) is 2. The third-order valence-electron chi connectivity index (χ3n) is 2.83. The first-order valence-corrected chi connectivity index (χ1v) is 5.73. The van der Waals surface area contributed by atoms with Gasteiger partial charge >= 0.3 is 11.9 Å². The third-order valence-corrected chi connectivity index (χ3v) is 3.66. The van der Waals surface area contributed by atoms with Crippen LogP contribution >= 0.6 is 15.9 Å². The van der Waals surface area contributed by atoms with Gasteiger partial charge in [0, 0.05) is 6.42 Å². The van der Waals surface area contributed by atoms with Gasteiger partial charge in [-0.2, -0.15) is 0 Å². The molecule has 0 amide bonds. The summed E-state index contributed by atoms with van der Waals surface area (Å²) in [5.74, 6) is -1.30. The maximum Gasteiger partial charge on any atom is 0.323 e. The smallest absolute Gasteiger partial charge is 0.323 e. The molecule has 1 rings (SSSR count). The molecule has 1 unspecified atom stereocenters. The zero-order valence-corrected chi connectivity index (χ0v) is 10.7. The minimum atomic E-state index is -1.34. The zero-order chi connectivity index (χ0) is 12.3. The van der Waals surface area contributed by atoms with Crippen LogP contribution in [0.1, 0.15) is 19.3 Å². The molecule has 0 heterocycles. The quantitative estimate of drug-likeness (QED) is 0.428. The molecule has 0 N–H and O–H groups in total. The molecule has 90 valence electrons. The van der Waals surface area contributed by atoms with Crippen LogP contribution in [0, 0.1) is 5.41 Å². The summed E-state index contributed by atoms with van der Waals surface area (Å²) in [4.78, 5) is 34.2. The lowest BCUT2D eigenvalue weighted by Crippen LogP contribution is -2.47. The van der Waals surface area contributed by atoms with Crippen LogP contribution in [0.25, 0.3) is 0 Å². The van der Waals surface area contributed by atoms with E-state index >= 15 is 0 Å². The second kappa shape index (κ2) is 4.95. The number of carbonyl (C=O) groups excluding carboxylic acids is 3. The summed E-state index contributed by atoms with van der Waals surface area (Å²) in [6.07, 6.45) is 0.401. The Morgan fingerprint density at radius 2 is 1.81 bits per heavy atom. The molecule has 0 bridgehead atoms. The van der Waals surface area contributed by atoms with Crippen LogP contribution in [0.5, 0.6) is 0 Å². The van der Waals surface area contributed by atoms with Crippen LogP contribution in [0.4, 0.5) is 0 Å². The van der Waals surface area contributed by atoms with E-state index in [2.05, 4.69) is 25.4 Å². The molecular weight excluding hydrogens is 280 g/mol. The largest absolute Gasteiger partial charge is 0.468 e. The van der Waals surface area contributed by atoms with E-state index in [9.17, 15) is 14.4 Å². The van der Waals surface area contributed by atoms with Crippen LogP contribution < -0.4 is 0 Å². The number of halogens is 1. The molecule has 0 saturated heterocycles. The minimum absolute atomic E-state index is 0.0107. The lowest BCUT2D eigenvalue weighted by Gasteiger charge is -2.33. The average molecular weight is 293 g/mol. The van der Waals surface area contributed by atoms with Crippen molar-refractivity contribution in [2.24, 2.45) is 5.41 Å². The molecule has 1 aliphatic rings. The van der Waals surface area contributed by atoms with Crippen molar-refractivity contribution in [3.63, 3.8) is 0 Å². The van der Waals surface area contributed by atoms with E-state index in [1.54, 1.807) is 0 Å². The monoisotopic (exact) mass is 292 g/mol. The van der Waals surface area contributed by atoms with E-state index in [4.69, 9.17) is 0 Å². The summed E-state index contributed by atoms with van der Waals surface area (Å²) in [7, 11) is 2.43. The van der Waals surface area contributed by atoms with Gasteiger partial charge < -0.3 is 9.47 Å². The topological polar surface area (TPSA) is 69.7 Å². The number of carbonyl (C=O) groups is 3. The molecule has 5 nitrogen and oxygen atoms in total. The number of rotatable bonds is 2. The van der Waals surface area contributed by atoms with E-state index in [0.717, 1.165) is 0 Å². The SMILES string of the molecule is COC(=O)C1(C(=O)OC)CCC(=O)C(Br)C1. The summed E-state index contributed by atoms with van der Waals surface area (Å²) in [5, 5.41) is 0. The van der Waals surface area contributed by atoms with Crippen molar-refractivity contribution in [2.45, 2.75) is 24.1 Å². The molecule has 0 aliphatic heterocycles. The molecule has 1 atom stereocenters. The van der Waals surface area contributed by atoms with E-state index in [1.807, 2.05) is 0 Å². The van der Waals surface area contributed by atoms with Gasteiger partial charge in [-0.1, -0.05) is 15.9 Å². The molecule has 0 aromatic carbocycles. The standard InChI is InChI=1S/C10H13BrO5/c1-15-8(13)10(9(14)16-2)4-3-7(12)6(11)5-10/h6H,3-5H2,1-2H3. The van der Waals surface area contributed by atoms with Crippen molar-refractivity contribution in [2.75, 3.05) is 14.2 Å². The summed E-state index contributed by atoms with van der Waals surface area (Å²) in [6.45, 7) is 0. The highest BCUT2D eigenvalue weighted by molar-refractivity contribution is 9.10. The molecule has 1 aliphatic carbocycles. The van der Waals surface area contributed by atoms with Gasteiger partial charge in [-0.25, -0.2) is 0 Å². The van der Waals surface area contributed by atoms with Gasteiger partial charge in [-0.15, -0.1) is 0 Å². The first-order valence-electron chi connectivity index (χ1n) is 4.81. The van der Waals surface area contributed by atoms with Crippen LogP contribution in [0.15, 0.2) is 0 Å². The molecule has 0 aromatic rings. The number of esters is 2. The predicted molar refractivity (Wildman–Crippen MR) is 58.0 cm³/mol. The predicted octanol–water partition coefficient (Wildman–Crippen LogP) is 0.835. The van der Waals surface area contributed by atoms with Crippen LogP contribution in [-0.4, -0.2) is 36.8 Å². The fraction of sp³-hybridized carbons (Fsp3) is 0.700. The number of Topliss-reactive ketones (excluding diaryl/α,β-unsaturated/α-hetero) is 1. The van der Waals surface area contributed by atoms with Crippen molar-refractivity contribution < 1.29 is 23.9 Å². The maximum atomic E-state index is 11.7. The summed E-state index contributed by atoms with van der Waals surface area (Å²) in [6, 6.07) is 0. The van der Waals surface area contributed by atoms with Gasteiger partial charge in [0.1, 0.15) is 5.78 Å². The van der Waals surface area contributed by atoms with Gasteiger partial charge in [0.05, 0.1) is 19.0 Å². The highest BCUT2D eigenvalue weighted by atomic mass is 79.9. The van der Waals surface area contributed by atoms with Gasteiger partial charge in [0.2, 0.25) is 0 Å². The average Bonchev–Trinajstić information content (AvgIpc) is 2.30. The normalized spacial score (nSPS) is 23.7. The Bertz CT molecular complexity index is 309. The van der Waals surface area contributed by atoms with Crippen molar-refractivity contribution in [3.8, 4) is 0 Å². The first kappa shape index (κ1) is 13.2. The Morgan fingerprint density at radius 1 is 1.31 bits per heavy atom. The molecule has 6 heteroatoms. The molecule has 16 heavy (non-hydrogen) atoms. The Kier molecular flexibility index (Phi) is 4.07. The van der Waals surface area contributed by atoms with Crippen molar-refractivity contribution in [1.82, 2.24) is 0 Å². The molecule has 1 fully saturated rings. The lowest BCUT2D eigenvalue weighted by atomic mass is 9.73. The fourth-order valence-electron chi connectivity index (χ4n) is 1.86. The van der Waals surface area contributed by atoms with Crippen LogP contribution in [0.3, 0.4) is 0 Å². The Hall–Kier alpha value is -0.910. The van der Waals surface area contributed by atoms with Gasteiger partial charge in [-0.3, -0.25) is 14.4 Å². The maximum absolute atomic E-state index is 11.7. The Morgan fingerprint density at radius 3 is 2.19 bits per heavy atom. The highest BCUT2D eigenvalue weighted by Crippen LogP contribution is 2.39. The summed E-state index contributed by atoms with van der Waals surface area (Å²) >= 11 is 3.16. The Labute approximate surface area is 102 Å². The van der Waals surface area contributed by atoms with E-state index in [1.165, 1.54) is 14.2 Å². The number of alkyl halides is 1. The van der Waals surface area contributed by atoms with E-state index in [0.29, 0.717) is 0 Å². The number of hydrogen-bond donors (Lipinski definition) is 0. The van der Waals surface area contributed by atoms with E-state index < -0.39 is 22.2 Å². The number of hydrogen-bond acceptors (Lipinski definition) is 5. The first-order chi connectivity index (χ1) is 7.47. The molecular formula is C10H13BrO5. The van der Waals surface area contributed by atoms with Crippen molar-refractivity contribution in [1.29, 1.82) is 0 Å². The molecule has 0 radical (unpaired) electrons. The second-order valence-corrected chi connectivity index (χ2v) is 4.81. The van der Waals surface area contributed by atoms with Crippen molar-refractivity contribution in [3.05, 3.63) is 0 Å². The minimum Gasteiger partial charge on any atom is -0.468 e. The number of ketones is 1. The van der Waals surface area contributed by atoms with Gasteiger partial charge in [-0.05, 0) is 12.8 Å². The number of methoxy groups -OCH3 is 2. The molecule has 1 saturated carbocycles. The lowest BCUT2D eigenvalue weighted by molar-refractivity contribution is -0.171. The van der Waals surface area contributed by atoms with Gasteiger partial charge in [0.25, 0.3) is 0 Å². The fourth-order valence-corrected chi connectivity index (χ4v) is 2.64. The zero-order valence-electron chi connectivity index (χ0n) is 9.12. The second-order valence-electron chi connectivity index (χ2n) is 3.70.